The van der Waals surface area contributed by atoms with E-state index in [1.807, 2.05) is 55.5 Å². The zero-order valence-electron chi connectivity index (χ0n) is 13.4. The summed E-state index contributed by atoms with van der Waals surface area (Å²) < 4.78 is 5.18. The first kappa shape index (κ1) is 15.7. The van der Waals surface area contributed by atoms with Gasteiger partial charge in [0.2, 0.25) is 11.7 Å². The molecule has 122 valence electrons. The zero-order chi connectivity index (χ0) is 16.9. The van der Waals surface area contributed by atoms with Crippen molar-refractivity contribution in [1.29, 1.82) is 0 Å². The number of aromatic nitrogens is 4. The molecule has 0 aliphatic carbocycles. The fourth-order valence-corrected chi connectivity index (χ4v) is 2.15. The average molecular weight is 323 g/mol. The third-order valence-corrected chi connectivity index (χ3v) is 3.40. The highest BCUT2D eigenvalue weighted by molar-refractivity contribution is 5.90. The number of carbonyl (C=O) groups excluding carboxylic acids is 1. The van der Waals surface area contributed by atoms with Gasteiger partial charge >= 0.3 is 0 Å². The molecule has 0 atom stereocenters. The number of aryl methyl sites for hydroxylation is 1. The normalized spacial score (nSPS) is 10.4. The lowest BCUT2D eigenvalue weighted by molar-refractivity contribution is -0.117. The molecule has 2 aromatic carbocycles. The number of tetrazole rings is 1. The number of rotatable bonds is 5. The van der Waals surface area contributed by atoms with E-state index in [2.05, 4.69) is 20.7 Å². The molecule has 3 rings (SSSR count). The van der Waals surface area contributed by atoms with Crippen molar-refractivity contribution in [1.82, 2.24) is 20.2 Å². The number of nitrogens with zero attached hydrogens (tertiary/aromatic N) is 4. The Morgan fingerprint density at radius 2 is 2.00 bits per heavy atom. The molecule has 1 aromatic heterocycles. The molecule has 0 saturated heterocycles. The number of carbonyl (C=O) groups is 1. The van der Waals surface area contributed by atoms with Gasteiger partial charge in [-0.2, -0.15) is 4.80 Å². The Balaban J connectivity index is 1.67. The molecule has 0 aliphatic heterocycles. The molecule has 1 N–H and O–H groups in total. The van der Waals surface area contributed by atoms with Crippen molar-refractivity contribution in [3.05, 3.63) is 54.1 Å². The van der Waals surface area contributed by atoms with Gasteiger partial charge in [-0.3, -0.25) is 4.79 Å². The third-order valence-electron chi connectivity index (χ3n) is 3.40. The van der Waals surface area contributed by atoms with Crippen LogP contribution in [0, 0.1) is 6.92 Å². The first-order valence-corrected chi connectivity index (χ1v) is 7.43. The fourth-order valence-electron chi connectivity index (χ4n) is 2.15. The molecule has 7 nitrogen and oxygen atoms in total. The standard InChI is InChI=1S/C17H17N5O2/c1-12-6-8-14(9-7-12)18-16(23)11-22-20-17(19-21-22)13-4-3-5-15(10-13)24-2/h3-10H,11H2,1-2H3,(H,18,23). The molecule has 7 heteroatoms. The number of ether oxygens (including phenoxy) is 1. The van der Waals surface area contributed by atoms with Gasteiger partial charge in [-0.15, -0.1) is 10.2 Å². The van der Waals surface area contributed by atoms with Gasteiger partial charge in [-0.25, -0.2) is 0 Å². The highest BCUT2D eigenvalue weighted by Crippen LogP contribution is 2.19. The molecule has 0 fully saturated rings. The summed E-state index contributed by atoms with van der Waals surface area (Å²) >= 11 is 0. The summed E-state index contributed by atoms with van der Waals surface area (Å²) in [5.74, 6) is 0.937. The second-order valence-corrected chi connectivity index (χ2v) is 5.29. The molecule has 0 bridgehead atoms. The quantitative estimate of drug-likeness (QED) is 0.779. The van der Waals surface area contributed by atoms with Gasteiger partial charge in [0, 0.05) is 11.3 Å². The topological polar surface area (TPSA) is 81.9 Å². The lowest BCUT2D eigenvalue weighted by Gasteiger charge is -2.04. The number of hydrogen-bond acceptors (Lipinski definition) is 5. The summed E-state index contributed by atoms with van der Waals surface area (Å²) in [6.45, 7) is 1.98. The van der Waals surface area contributed by atoms with E-state index in [0.717, 1.165) is 16.8 Å². The first-order chi connectivity index (χ1) is 11.6. The predicted octanol–water partition coefficient (Wildman–Crippen LogP) is 2.30. The van der Waals surface area contributed by atoms with E-state index < -0.39 is 0 Å². The highest BCUT2D eigenvalue weighted by atomic mass is 16.5. The summed E-state index contributed by atoms with van der Waals surface area (Å²) in [6, 6.07) is 14.9. The average Bonchev–Trinajstić information content (AvgIpc) is 3.05. The van der Waals surface area contributed by atoms with Crippen LogP contribution in [0.2, 0.25) is 0 Å². The Morgan fingerprint density at radius 1 is 1.21 bits per heavy atom. The molecular formula is C17H17N5O2. The zero-order valence-corrected chi connectivity index (χ0v) is 13.4. The van der Waals surface area contributed by atoms with Crippen molar-refractivity contribution < 1.29 is 9.53 Å². The minimum absolute atomic E-state index is 0.00908. The number of anilines is 1. The van der Waals surface area contributed by atoms with Gasteiger partial charge in [0.25, 0.3) is 0 Å². The van der Waals surface area contributed by atoms with E-state index in [4.69, 9.17) is 4.74 Å². The largest absolute Gasteiger partial charge is 0.497 e. The molecule has 0 spiro atoms. The maximum Gasteiger partial charge on any atom is 0.248 e. The van der Waals surface area contributed by atoms with Crippen LogP contribution in [0.5, 0.6) is 5.75 Å². The van der Waals surface area contributed by atoms with Crippen molar-refractivity contribution in [2.75, 3.05) is 12.4 Å². The minimum atomic E-state index is -0.214. The van der Waals surface area contributed by atoms with Crippen LogP contribution < -0.4 is 10.1 Å². The van der Waals surface area contributed by atoms with E-state index in [9.17, 15) is 4.79 Å². The van der Waals surface area contributed by atoms with E-state index in [1.54, 1.807) is 7.11 Å². The Hall–Kier alpha value is -3.22. The van der Waals surface area contributed by atoms with Crippen molar-refractivity contribution in [3.8, 4) is 17.1 Å². The minimum Gasteiger partial charge on any atom is -0.497 e. The van der Waals surface area contributed by atoms with Crippen LogP contribution in [0.4, 0.5) is 5.69 Å². The van der Waals surface area contributed by atoms with Gasteiger partial charge in [-0.1, -0.05) is 29.8 Å². The predicted molar refractivity (Wildman–Crippen MR) is 89.6 cm³/mol. The third kappa shape index (κ3) is 3.75. The lowest BCUT2D eigenvalue weighted by atomic mass is 10.2. The second kappa shape index (κ2) is 6.91. The molecule has 24 heavy (non-hydrogen) atoms. The van der Waals surface area contributed by atoms with Crippen molar-refractivity contribution >= 4 is 11.6 Å². The molecule has 0 unspecified atom stereocenters. The summed E-state index contributed by atoms with van der Waals surface area (Å²) in [5.41, 5.74) is 2.65. The molecule has 0 radical (unpaired) electrons. The van der Waals surface area contributed by atoms with Gasteiger partial charge in [-0.05, 0) is 36.4 Å². The van der Waals surface area contributed by atoms with Crippen LogP contribution in [0.1, 0.15) is 5.56 Å². The summed E-state index contributed by atoms with van der Waals surface area (Å²) in [4.78, 5) is 13.3. The molecule has 1 heterocycles. The molecular weight excluding hydrogens is 306 g/mol. The number of amides is 1. The Kier molecular flexibility index (Phi) is 4.51. The SMILES string of the molecule is COc1cccc(-c2nnn(CC(=O)Nc3ccc(C)cc3)n2)c1. The fraction of sp³-hybridized carbons (Fsp3) is 0.176. The van der Waals surface area contributed by atoms with Crippen molar-refractivity contribution in [2.24, 2.45) is 0 Å². The Bertz CT molecular complexity index is 842. The van der Waals surface area contributed by atoms with Gasteiger partial charge < -0.3 is 10.1 Å². The second-order valence-electron chi connectivity index (χ2n) is 5.29. The van der Waals surface area contributed by atoms with E-state index in [-0.39, 0.29) is 12.5 Å². The number of benzene rings is 2. The van der Waals surface area contributed by atoms with E-state index in [1.165, 1.54) is 4.80 Å². The van der Waals surface area contributed by atoms with Crippen LogP contribution in [0.3, 0.4) is 0 Å². The van der Waals surface area contributed by atoms with Gasteiger partial charge in [0.15, 0.2) is 0 Å². The lowest BCUT2D eigenvalue weighted by Crippen LogP contribution is -2.20. The molecule has 1 amide bonds. The van der Waals surface area contributed by atoms with E-state index in [0.29, 0.717) is 11.6 Å². The van der Waals surface area contributed by atoms with Crippen molar-refractivity contribution in [3.63, 3.8) is 0 Å². The first-order valence-electron chi connectivity index (χ1n) is 7.43. The summed E-state index contributed by atoms with van der Waals surface area (Å²) in [6.07, 6.45) is 0. The van der Waals surface area contributed by atoms with E-state index >= 15 is 0 Å². The number of nitrogens with one attached hydrogen (secondary N) is 1. The maximum absolute atomic E-state index is 12.1. The smallest absolute Gasteiger partial charge is 0.248 e. The van der Waals surface area contributed by atoms with Crippen molar-refractivity contribution in [2.45, 2.75) is 13.5 Å². The van der Waals surface area contributed by atoms with Crippen LogP contribution in [-0.4, -0.2) is 33.2 Å². The monoisotopic (exact) mass is 323 g/mol. The van der Waals surface area contributed by atoms with Gasteiger partial charge in [0.1, 0.15) is 12.3 Å². The van der Waals surface area contributed by atoms with Crippen LogP contribution >= 0.6 is 0 Å². The maximum atomic E-state index is 12.1. The molecule has 3 aromatic rings. The molecule has 0 saturated carbocycles. The van der Waals surface area contributed by atoms with Gasteiger partial charge in [0.05, 0.1) is 7.11 Å². The molecule has 0 aliphatic rings. The Morgan fingerprint density at radius 3 is 2.75 bits per heavy atom. The van der Waals surface area contributed by atoms with Crippen LogP contribution in [0.25, 0.3) is 11.4 Å². The highest BCUT2D eigenvalue weighted by Gasteiger charge is 2.10. The number of methoxy groups -OCH3 is 1. The summed E-state index contributed by atoms with van der Waals surface area (Å²) in [7, 11) is 1.60. The Labute approximate surface area is 139 Å². The van der Waals surface area contributed by atoms with Crippen LogP contribution in [-0.2, 0) is 11.3 Å². The number of hydrogen-bond donors (Lipinski definition) is 1. The van der Waals surface area contributed by atoms with Crippen LogP contribution in [0.15, 0.2) is 48.5 Å². The summed E-state index contributed by atoms with van der Waals surface area (Å²) in [5, 5.41) is 14.9.